The summed E-state index contributed by atoms with van der Waals surface area (Å²) in [5.41, 5.74) is 0. The van der Waals surface area contributed by atoms with Crippen molar-refractivity contribution in [3.63, 3.8) is 0 Å². The first kappa shape index (κ1) is 15.2. The van der Waals surface area contributed by atoms with Crippen molar-refractivity contribution >= 4 is 20.9 Å². The fourth-order valence-electron chi connectivity index (χ4n) is 1.58. The molecule has 2 aromatic rings. The van der Waals surface area contributed by atoms with Gasteiger partial charge in [0.15, 0.2) is 0 Å². The van der Waals surface area contributed by atoms with Crippen LogP contribution in [0.1, 0.15) is 1.43 Å². The molecule has 18 heavy (non-hydrogen) atoms. The van der Waals surface area contributed by atoms with Gasteiger partial charge in [0.2, 0.25) is 0 Å². The molecule has 0 aromatic heterocycles. The van der Waals surface area contributed by atoms with E-state index in [4.69, 9.17) is 4.18 Å². The van der Waals surface area contributed by atoms with E-state index < -0.39 is 10.1 Å². The van der Waals surface area contributed by atoms with Gasteiger partial charge in [0.05, 0.1) is 0 Å². The Balaban J connectivity index is 0.00000162. The second kappa shape index (κ2) is 6.38. The molecule has 0 aliphatic rings. The molecule has 2 rings (SSSR count). The third-order valence-corrected chi connectivity index (χ3v) is 3.37. The molecule has 0 aliphatic heterocycles. The van der Waals surface area contributed by atoms with Gasteiger partial charge in [0.1, 0.15) is 11.5 Å². The van der Waals surface area contributed by atoms with Crippen LogP contribution in [0.15, 0.2) is 55.1 Å². The van der Waals surface area contributed by atoms with Crippen LogP contribution >= 0.6 is 0 Å². The Kier molecular flexibility index (Phi) is 5.41. The summed E-state index contributed by atoms with van der Waals surface area (Å²) >= 11 is 0. The zero-order chi connectivity index (χ0) is 12.3. The van der Waals surface area contributed by atoms with Gasteiger partial charge in [0, 0.05) is 5.39 Å². The van der Waals surface area contributed by atoms with Crippen LogP contribution in [0, 0.1) is 0 Å². The molecule has 0 N–H and O–H groups in total. The SMILES string of the molecule is C=CCS(=O)(=O)Oc1cccc2ccccc12.[H-].[Na+]. The second-order valence-electron chi connectivity index (χ2n) is 3.57. The Morgan fingerprint density at radius 1 is 1.17 bits per heavy atom. The first-order valence-corrected chi connectivity index (χ1v) is 6.71. The van der Waals surface area contributed by atoms with E-state index in [0.717, 1.165) is 10.8 Å². The van der Waals surface area contributed by atoms with Crippen molar-refractivity contribution in [2.24, 2.45) is 0 Å². The molecule has 0 saturated heterocycles. The summed E-state index contributed by atoms with van der Waals surface area (Å²) in [5.74, 6) is 0.154. The van der Waals surface area contributed by atoms with Gasteiger partial charge in [-0.1, -0.05) is 42.5 Å². The van der Waals surface area contributed by atoms with Crippen LogP contribution in [0.3, 0.4) is 0 Å². The molecule has 0 heterocycles. The number of fused-ring (bicyclic) bond motifs is 1. The number of benzene rings is 2. The number of hydrogen-bond donors (Lipinski definition) is 0. The Morgan fingerprint density at radius 2 is 1.83 bits per heavy atom. The largest absolute Gasteiger partial charge is 1.00 e. The van der Waals surface area contributed by atoms with Crippen molar-refractivity contribution in [2.75, 3.05) is 5.75 Å². The third-order valence-electron chi connectivity index (χ3n) is 2.29. The predicted octanol–water partition coefficient (Wildman–Crippen LogP) is -0.149. The summed E-state index contributed by atoms with van der Waals surface area (Å²) in [7, 11) is -3.59. The minimum absolute atomic E-state index is 0. The van der Waals surface area contributed by atoms with E-state index in [0.29, 0.717) is 5.75 Å². The summed E-state index contributed by atoms with van der Waals surface area (Å²) in [4.78, 5) is 0. The summed E-state index contributed by atoms with van der Waals surface area (Å²) in [6, 6.07) is 12.8. The van der Waals surface area contributed by atoms with Crippen molar-refractivity contribution in [1.82, 2.24) is 0 Å². The van der Waals surface area contributed by atoms with Crippen molar-refractivity contribution in [3.8, 4) is 5.75 Å². The minimum Gasteiger partial charge on any atom is -1.00 e. The van der Waals surface area contributed by atoms with E-state index in [1.54, 1.807) is 12.1 Å². The van der Waals surface area contributed by atoms with Gasteiger partial charge in [-0.2, -0.15) is 8.42 Å². The van der Waals surface area contributed by atoms with Gasteiger partial charge in [-0.05, 0) is 11.5 Å². The zero-order valence-electron chi connectivity index (χ0n) is 11.2. The average molecular weight is 272 g/mol. The maximum atomic E-state index is 11.6. The molecule has 0 spiro atoms. The molecule has 0 aliphatic carbocycles. The van der Waals surface area contributed by atoms with E-state index >= 15 is 0 Å². The van der Waals surface area contributed by atoms with Gasteiger partial charge in [-0.25, -0.2) is 0 Å². The zero-order valence-corrected chi connectivity index (χ0v) is 13.0. The molecule has 2 aromatic carbocycles. The fraction of sp³-hybridized carbons (Fsp3) is 0.0769. The van der Waals surface area contributed by atoms with Gasteiger partial charge in [-0.3, -0.25) is 0 Å². The number of hydrogen-bond acceptors (Lipinski definition) is 3. The molecule has 0 unspecified atom stereocenters. The average Bonchev–Trinajstić information content (AvgIpc) is 2.29. The monoisotopic (exact) mass is 272 g/mol. The Morgan fingerprint density at radius 3 is 2.56 bits per heavy atom. The molecule has 0 bridgehead atoms. The summed E-state index contributed by atoms with van der Waals surface area (Å²) in [6.45, 7) is 3.39. The standard InChI is InChI=1S/C13H12O3S.Na.H/c1-2-10-17(14,15)16-13-9-5-7-11-6-3-4-8-12(11)13;;/h2-9H,1,10H2;;/q;+1;-1. The first-order chi connectivity index (χ1) is 8.12. The smallest absolute Gasteiger partial charge is 1.00 e. The van der Waals surface area contributed by atoms with Crippen LogP contribution in [0.5, 0.6) is 5.75 Å². The van der Waals surface area contributed by atoms with E-state index in [2.05, 4.69) is 6.58 Å². The molecule has 0 fully saturated rings. The molecule has 3 nitrogen and oxygen atoms in total. The quantitative estimate of drug-likeness (QED) is 0.442. The molecular weight excluding hydrogens is 259 g/mol. The number of rotatable bonds is 4. The van der Waals surface area contributed by atoms with Gasteiger partial charge < -0.3 is 5.61 Å². The topological polar surface area (TPSA) is 43.4 Å². The molecule has 0 radical (unpaired) electrons. The maximum absolute atomic E-state index is 11.6. The van der Waals surface area contributed by atoms with Crippen molar-refractivity contribution in [3.05, 3.63) is 55.1 Å². The van der Waals surface area contributed by atoms with Crippen molar-refractivity contribution in [1.29, 1.82) is 0 Å². The van der Waals surface area contributed by atoms with E-state index in [1.807, 2.05) is 30.3 Å². The van der Waals surface area contributed by atoms with Crippen LogP contribution in [0.4, 0.5) is 0 Å². The van der Waals surface area contributed by atoms with Crippen molar-refractivity contribution < 1.29 is 43.6 Å². The molecule has 0 atom stereocenters. The van der Waals surface area contributed by atoms with E-state index in [9.17, 15) is 8.42 Å². The van der Waals surface area contributed by atoms with E-state index in [-0.39, 0.29) is 36.7 Å². The Hall–Kier alpha value is -0.810. The predicted molar refractivity (Wildman–Crippen MR) is 69.7 cm³/mol. The van der Waals surface area contributed by atoms with Gasteiger partial charge in [0.25, 0.3) is 0 Å². The summed E-state index contributed by atoms with van der Waals surface area (Å²) in [6.07, 6.45) is 1.31. The Bertz CT molecular complexity index is 650. The van der Waals surface area contributed by atoms with Crippen LogP contribution < -0.4 is 33.7 Å². The van der Waals surface area contributed by atoms with Gasteiger partial charge >= 0.3 is 39.7 Å². The van der Waals surface area contributed by atoms with E-state index in [1.165, 1.54) is 6.08 Å². The van der Waals surface area contributed by atoms with Crippen LogP contribution in [0.2, 0.25) is 0 Å². The normalized spacial score (nSPS) is 10.7. The second-order valence-corrected chi connectivity index (χ2v) is 5.19. The molecule has 0 saturated carbocycles. The van der Waals surface area contributed by atoms with Crippen LogP contribution in [-0.2, 0) is 10.1 Å². The van der Waals surface area contributed by atoms with Crippen LogP contribution in [0.25, 0.3) is 10.8 Å². The van der Waals surface area contributed by atoms with Crippen molar-refractivity contribution in [2.45, 2.75) is 0 Å². The minimum atomic E-state index is -3.59. The van der Waals surface area contributed by atoms with Gasteiger partial charge in [-0.15, -0.1) is 6.58 Å². The first-order valence-electron chi connectivity index (χ1n) is 5.13. The molecular formula is C13H13NaO3S. The van der Waals surface area contributed by atoms with Crippen LogP contribution in [-0.4, -0.2) is 14.2 Å². The maximum Gasteiger partial charge on any atom is 1.00 e. The molecule has 5 heteroatoms. The summed E-state index contributed by atoms with van der Waals surface area (Å²) in [5, 5.41) is 1.72. The summed E-state index contributed by atoms with van der Waals surface area (Å²) < 4.78 is 28.2. The molecule has 0 amide bonds. The molecule has 90 valence electrons. The third kappa shape index (κ3) is 3.59. The Labute approximate surface area is 130 Å². The fourth-order valence-corrected chi connectivity index (χ4v) is 2.36.